The van der Waals surface area contributed by atoms with Crippen molar-refractivity contribution in [2.45, 2.75) is 0 Å². The highest BCUT2D eigenvalue weighted by Crippen LogP contribution is 2.41. The van der Waals surface area contributed by atoms with E-state index in [1.54, 1.807) is 0 Å². The number of nitriles is 3. The second-order valence-electron chi connectivity index (χ2n) is 13.6. The molecular formula is C49H27N7. The van der Waals surface area contributed by atoms with Crippen molar-refractivity contribution in [2.24, 2.45) is 0 Å². The molecule has 0 aliphatic carbocycles. The molecule has 0 amide bonds. The highest BCUT2D eigenvalue weighted by molar-refractivity contribution is 6.12. The van der Waals surface area contributed by atoms with E-state index in [9.17, 15) is 15.8 Å². The molecule has 0 atom stereocenters. The van der Waals surface area contributed by atoms with Crippen LogP contribution in [0.4, 0.5) is 0 Å². The molecule has 7 heteroatoms. The van der Waals surface area contributed by atoms with Crippen LogP contribution in [0.3, 0.4) is 0 Å². The first-order chi connectivity index (χ1) is 27.6. The zero-order chi connectivity index (χ0) is 37.8. The van der Waals surface area contributed by atoms with Gasteiger partial charge in [0.25, 0.3) is 0 Å². The lowest BCUT2D eigenvalue weighted by molar-refractivity contribution is 1.09. The summed E-state index contributed by atoms with van der Waals surface area (Å²) in [6.07, 6.45) is 0. The van der Waals surface area contributed by atoms with Crippen molar-refractivity contribution in [3.63, 3.8) is 0 Å². The van der Waals surface area contributed by atoms with Gasteiger partial charge in [-0.25, -0.2) is 9.97 Å². The maximum Gasteiger partial charge on any atom is 0.160 e. The lowest BCUT2D eigenvalue weighted by Gasteiger charge is -2.19. The maximum atomic E-state index is 11.0. The van der Waals surface area contributed by atoms with Crippen LogP contribution in [0.25, 0.3) is 88.9 Å². The van der Waals surface area contributed by atoms with E-state index in [0.29, 0.717) is 33.8 Å². The molecule has 3 heterocycles. The molecule has 0 saturated carbocycles. The number of aromatic nitrogens is 4. The summed E-state index contributed by atoms with van der Waals surface area (Å²) in [5, 5.41) is 34.7. The number of para-hydroxylation sites is 2. The molecule has 0 aliphatic rings. The summed E-state index contributed by atoms with van der Waals surface area (Å²) in [6.45, 7) is 0. The topological polar surface area (TPSA) is 107 Å². The highest BCUT2D eigenvalue weighted by atomic mass is 15.1. The fourth-order valence-electron chi connectivity index (χ4n) is 7.90. The lowest BCUT2D eigenvalue weighted by Crippen LogP contribution is -2.06. The highest BCUT2D eigenvalue weighted by Gasteiger charge is 2.24. The fourth-order valence-corrected chi connectivity index (χ4v) is 7.90. The molecule has 7 nitrogen and oxygen atoms in total. The SMILES string of the molecule is N#Cc1ccc2c(c1)c1ccccc1n2-c1cc(C#N)c(-c2cc(-c3ccccc3)nc(-c3ccccc3)n2)cc1-n1c2ccccc2c2cc(C#N)ccc21. The van der Waals surface area contributed by atoms with Crippen LogP contribution in [-0.4, -0.2) is 19.1 Å². The molecule has 258 valence electrons. The number of benzene rings is 7. The van der Waals surface area contributed by atoms with Gasteiger partial charge in [0.1, 0.15) is 0 Å². The number of hydrogen-bond acceptors (Lipinski definition) is 5. The van der Waals surface area contributed by atoms with E-state index in [0.717, 1.165) is 71.8 Å². The van der Waals surface area contributed by atoms with Gasteiger partial charge in [0.15, 0.2) is 5.82 Å². The monoisotopic (exact) mass is 713 g/mol. The van der Waals surface area contributed by atoms with Gasteiger partial charge in [-0.3, -0.25) is 0 Å². The van der Waals surface area contributed by atoms with Crippen LogP contribution in [0, 0.1) is 34.0 Å². The second kappa shape index (κ2) is 13.0. The summed E-state index contributed by atoms with van der Waals surface area (Å²) in [7, 11) is 0. The second-order valence-corrected chi connectivity index (χ2v) is 13.6. The van der Waals surface area contributed by atoms with Crippen LogP contribution >= 0.6 is 0 Å². The summed E-state index contributed by atoms with van der Waals surface area (Å²) in [5.41, 5.74) is 10.6. The summed E-state index contributed by atoms with van der Waals surface area (Å²) >= 11 is 0. The average Bonchev–Trinajstić information content (AvgIpc) is 3.78. The van der Waals surface area contributed by atoms with Crippen molar-refractivity contribution >= 4 is 43.6 Å². The van der Waals surface area contributed by atoms with Crippen LogP contribution in [0.2, 0.25) is 0 Å². The number of hydrogen-bond donors (Lipinski definition) is 0. The quantitative estimate of drug-likeness (QED) is 0.176. The minimum atomic E-state index is 0.438. The summed E-state index contributed by atoms with van der Waals surface area (Å²) in [4.78, 5) is 10.2. The predicted octanol–water partition coefficient (Wildman–Crippen LogP) is 11.3. The first-order valence-electron chi connectivity index (χ1n) is 18.1. The van der Waals surface area contributed by atoms with E-state index < -0.39 is 0 Å². The van der Waals surface area contributed by atoms with Gasteiger partial charge in [-0.1, -0.05) is 97.1 Å². The van der Waals surface area contributed by atoms with Gasteiger partial charge >= 0.3 is 0 Å². The first-order valence-corrected chi connectivity index (χ1v) is 18.1. The predicted molar refractivity (Wildman–Crippen MR) is 221 cm³/mol. The molecule has 10 rings (SSSR count). The standard InChI is InChI=1S/C49H27N7/c50-28-31-19-21-45-39(23-31)36-15-7-9-17-43(36)55(45)47-25-35(30-52)38(26-48(47)56-44-18-10-8-16-37(44)40-24-32(29-51)20-22-46(40)56)42-27-41(33-11-3-1-4-12-33)53-49(54-42)34-13-5-2-6-14-34/h1-27H. The first kappa shape index (κ1) is 32.3. The van der Waals surface area contributed by atoms with E-state index in [-0.39, 0.29) is 0 Å². The summed E-state index contributed by atoms with van der Waals surface area (Å²) in [6, 6.07) is 60.8. The molecule has 56 heavy (non-hydrogen) atoms. The summed E-state index contributed by atoms with van der Waals surface area (Å²) < 4.78 is 4.40. The van der Waals surface area contributed by atoms with Crippen LogP contribution in [0.1, 0.15) is 16.7 Å². The van der Waals surface area contributed by atoms with Gasteiger partial charge < -0.3 is 9.13 Å². The van der Waals surface area contributed by atoms with Crippen molar-refractivity contribution in [1.29, 1.82) is 15.8 Å². The Morgan fingerprint density at radius 3 is 1.43 bits per heavy atom. The molecule has 0 N–H and O–H groups in total. The van der Waals surface area contributed by atoms with Crippen LogP contribution in [-0.2, 0) is 0 Å². The number of nitrogens with zero attached hydrogens (tertiary/aromatic N) is 7. The minimum Gasteiger partial charge on any atom is -0.307 e. The average molecular weight is 714 g/mol. The molecule has 0 radical (unpaired) electrons. The van der Waals surface area contributed by atoms with E-state index >= 15 is 0 Å². The Morgan fingerprint density at radius 1 is 0.393 bits per heavy atom. The number of fused-ring (bicyclic) bond motifs is 6. The molecule has 10 aromatic rings. The normalized spacial score (nSPS) is 11.2. The van der Waals surface area contributed by atoms with Crippen LogP contribution in [0.5, 0.6) is 0 Å². The van der Waals surface area contributed by atoms with Gasteiger partial charge in [-0.05, 0) is 66.7 Å². The van der Waals surface area contributed by atoms with Crippen molar-refractivity contribution in [3.8, 4) is 63.5 Å². The van der Waals surface area contributed by atoms with Gasteiger partial charge in [0.2, 0.25) is 0 Å². The molecule has 0 saturated heterocycles. The molecule has 0 unspecified atom stereocenters. The third-order valence-electron chi connectivity index (χ3n) is 10.4. The van der Waals surface area contributed by atoms with Crippen molar-refractivity contribution in [1.82, 2.24) is 19.1 Å². The van der Waals surface area contributed by atoms with Gasteiger partial charge in [-0.2, -0.15) is 15.8 Å². The molecule has 3 aromatic heterocycles. The van der Waals surface area contributed by atoms with E-state index in [2.05, 4.69) is 57.7 Å². The Labute approximate surface area is 321 Å². The van der Waals surface area contributed by atoms with Crippen molar-refractivity contribution in [2.75, 3.05) is 0 Å². The largest absolute Gasteiger partial charge is 0.307 e. The fraction of sp³-hybridized carbons (Fsp3) is 0. The molecule has 0 aliphatic heterocycles. The lowest BCUT2D eigenvalue weighted by atomic mass is 10.00. The Balaban J connectivity index is 1.36. The third kappa shape index (κ3) is 5.11. The van der Waals surface area contributed by atoms with E-state index in [4.69, 9.17) is 9.97 Å². The number of rotatable bonds is 5. The zero-order valence-corrected chi connectivity index (χ0v) is 29.7. The zero-order valence-electron chi connectivity index (χ0n) is 29.7. The van der Waals surface area contributed by atoms with Crippen molar-refractivity contribution < 1.29 is 0 Å². The summed E-state index contributed by atoms with van der Waals surface area (Å²) in [5.74, 6) is 0.549. The Bertz CT molecular complexity index is 3280. The van der Waals surface area contributed by atoms with Crippen molar-refractivity contribution in [3.05, 3.63) is 180 Å². The van der Waals surface area contributed by atoms with Crippen LogP contribution in [0.15, 0.2) is 164 Å². The van der Waals surface area contributed by atoms with Gasteiger partial charge in [-0.15, -0.1) is 0 Å². The maximum absolute atomic E-state index is 11.0. The molecule has 0 spiro atoms. The Kier molecular flexibility index (Phi) is 7.49. The molecular weight excluding hydrogens is 687 g/mol. The van der Waals surface area contributed by atoms with Gasteiger partial charge in [0.05, 0.1) is 79.7 Å². The Hall–Kier alpha value is -8.31. The molecule has 0 bridgehead atoms. The molecule has 7 aromatic carbocycles. The van der Waals surface area contributed by atoms with Gasteiger partial charge in [0, 0.05) is 38.2 Å². The smallest absolute Gasteiger partial charge is 0.160 e. The third-order valence-corrected chi connectivity index (χ3v) is 10.4. The Morgan fingerprint density at radius 2 is 0.875 bits per heavy atom. The molecule has 0 fully saturated rings. The van der Waals surface area contributed by atoms with E-state index in [1.165, 1.54) is 0 Å². The van der Waals surface area contributed by atoms with E-state index in [1.807, 2.05) is 133 Å². The van der Waals surface area contributed by atoms with Crippen LogP contribution < -0.4 is 0 Å². The minimum absolute atomic E-state index is 0.438.